The van der Waals surface area contributed by atoms with E-state index >= 15 is 0 Å². The summed E-state index contributed by atoms with van der Waals surface area (Å²) in [7, 11) is 0. The quantitative estimate of drug-likeness (QED) is 0.830. The van der Waals surface area contributed by atoms with Crippen LogP contribution in [-0.2, 0) is 0 Å². The van der Waals surface area contributed by atoms with Crippen molar-refractivity contribution in [3.05, 3.63) is 35.4 Å². The van der Waals surface area contributed by atoms with Gasteiger partial charge in [-0.05, 0) is 44.6 Å². The average Bonchev–Trinajstić information content (AvgIpc) is 2.82. The van der Waals surface area contributed by atoms with Gasteiger partial charge in [0.25, 0.3) is 0 Å². The highest BCUT2D eigenvalue weighted by Crippen LogP contribution is 2.28. The molecule has 0 atom stereocenters. The molecule has 1 aliphatic heterocycles. The predicted octanol–water partition coefficient (Wildman–Crippen LogP) is 3.19. The molecule has 3 nitrogen and oxygen atoms in total. The molecule has 4 heteroatoms. The fourth-order valence-corrected chi connectivity index (χ4v) is 2.95. The van der Waals surface area contributed by atoms with Gasteiger partial charge in [0.15, 0.2) is 0 Å². The molecule has 1 saturated heterocycles. The zero-order chi connectivity index (χ0) is 12.5. The number of hydrogen-bond donors (Lipinski definition) is 0. The maximum Gasteiger partial charge on any atom is 0.116 e. The van der Waals surface area contributed by atoms with Crippen LogP contribution >= 0.6 is 11.6 Å². The van der Waals surface area contributed by atoms with E-state index in [0.717, 1.165) is 17.1 Å². The van der Waals surface area contributed by atoms with Gasteiger partial charge in [0.2, 0.25) is 0 Å². The van der Waals surface area contributed by atoms with E-state index in [9.17, 15) is 0 Å². The van der Waals surface area contributed by atoms with E-state index in [0.29, 0.717) is 5.92 Å². The number of fused-ring (bicyclic) bond motifs is 1. The van der Waals surface area contributed by atoms with Crippen molar-refractivity contribution in [1.82, 2.24) is 14.3 Å². The summed E-state index contributed by atoms with van der Waals surface area (Å²) < 4.78 is 2.15. The van der Waals surface area contributed by atoms with Crippen LogP contribution in [0.3, 0.4) is 0 Å². The lowest BCUT2D eigenvalue weighted by molar-refractivity contribution is 0.219. The van der Waals surface area contributed by atoms with Crippen LogP contribution in [0.1, 0.15) is 31.5 Å². The Labute approximate surface area is 112 Å². The van der Waals surface area contributed by atoms with E-state index in [2.05, 4.69) is 21.2 Å². The second-order valence-electron chi connectivity index (χ2n) is 4.97. The van der Waals surface area contributed by atoms with Crippen molar-refractivity contribution >= 4 is 17.1 Å². The van der Waals surface area contributed by atoms with Crippen LogP contribution in [0.5, 0.6) is 0 Å². The van der Waals surface area contributed by atoms with Crippen molar-refractivity contribution in [3.8, 4) is 0 Å². The summed E-state index contributed by atoms with van der Waals surface area (Å²) in [6.45, 7) is 5.74. The van der Waals surface area contributed by atoms with E-state index in [1.165, 1.54) is 31.8 Å². The summed E-state index contributed by atoms with van der Waals surface area (Å²) in [6, 6.07) is 3.95. The Balaban J connectivity index is 1.88. The Morgan fingerprint density at radius 3 is 2.83 bits per heavy atom. The number of imidazole rings is 1. The molecule has 3 heterocycles. The van der Waals surface area contributed by atoms with Gasteiger partial charge in [-0.3, -0.25) is 0 Å². The standard InChI is InChI=1S/C14H18ClN3/c1-2-17-7-5-11(6-8-17)14-16-9-13-4-3-12(15)10-18(13)14/h3-4,9-11H,2,5-8H2,1H3. The smallest absolute Gasteiger partial charge is 0.116 e. The summed E-state index contributed by atoms with van der Waals surface area (Å²) >= 11 is 6.08. The van der Waals surface area contributed by atoms with Gasteiger partial charge in [0, 0.05) is 12.1 Å². The number of pyridine rings is 1. The summed E-state index contributed by atoms with van der Waals surface area (Å²) in [5, 5.41) is 0.771. The Kier molecular flexibility index (Phi) is 3.27. The van der Waals surface area contributed by atoms with Crippen LogP contribution in [0, 0.1) is 0 Å². The highest BCUT2D eigenvalue weighted by Gasteiger charge is 2.22. The number of nitrogens with zero attached hydrogens (tertiary/aromatic N) is 3. The lowest BCUT2D eigenvalue weighted by Crippen LogP contribution is -2.33. The molecule has 3 rings (SSSR count). The molecule has 96 valence electrons. The third-order valence-electron chi connectivity index (χ3n) is 3.92. The molecule has 0 bridgehead atoms. The lowest BCUT2D eigenvalue weighted by atomic mass is 9.96. The number of piperidine rings is 1. The van der Waals surface area contributed by atoms with Crippen LogP contribution in [0.15, 0.2) is 24.5 Å². The Morgan fingerprint density at radius 2 is 2.11 bits per heavy atom. The zero-order valence-electron chi connectivity index (χ0n) is 10.6. The minimum atomic E-state index is 0.564. The molecule has 0 N–H and O–H groups in total. The number of halogens is 1. The van der Waals surface area contributed by atoms with E-state index in [-0.39, 0.29) is 0 Å². The van der Waals surface area contributed by atoms with Crippen LogP contribution in [0.2, 0.25) is 5.02 Å². The van der Waals surface area contributed by atoms with Crippen LogP contribution < -0.4 is 0 Å². The third-order valence-corrected chi connectivity index (χ3v) is 4.14. The minimum absolute atomic E-state index is 0.564. The molecule has 2 aromatic heterocycles. The molecule has 1 fully saturated rings. The molecule has 0 spiro atoms. The molecule has 0 saturated carbocycles. The van der Waals surface area contributed by atoms with Crippen molar-refractivity contribution in [2.75, 3.05) is 19.6 Å². The fourth-order valence-electron chi connectivity index (χ4n) is 2.79. The molecule has 0 aliphatic carbocycles. The Hall–Kier alpha value is -1.06. The maximum atomic E-state index is 6.08. The van der Waals surface area contributed by atoms with E-state index in [1.807, 2.05) is 24.5 Å². The second kappa shape index (κ2) is 4.90. The van der Waals surface area contributed by atoms with Crippen LogP contribution in [0.4, 0.5) is 0 Å². The predicted molar refractivity (Wildman–Crippen MR) is 74.3 cm³/mol. The van der Waals surface area contributed by atoms with E-state index in [4.69, 9.17) is 11.6 Å². The van der Waals surface area contributed by atoms with Crippen molar-refractivity contribution < 1.29 is 0 Å². The van der Waals surface area contributed by atoms with Gasteiger partial charge in [-0.2, -0.15) is 0 Å². The molecule has 2 aromatic rings. The molecule has 1 aliphatic rings. The summed E-state index contributed by atoms with van der Waals surface area (Å²) in [5.41, 5.74) is 1.13. The Bertz CT molecular complexity index is 541. The largest absolute Gasteiger partial charge is 0.304 e. The van der Waals surface area contributed by atoms with Crippen LogP contribution in [0.25, 0.3) is 5.52 Å². The molecule has 18 heavy (non-hydrogen) atoms. The zero-order valence-corrected chi connectivity index (χ0v) is 11.4. The van der Waals surface area contributed by atoms with Gasteiger partial charge in [0.05, 0.1) is 16.7 Å². The third kappa shape index (κ3) is 2.13. The van der Waals surface area contributed by atoms with Gasteiger partial charge in [0.1, 0.15) is 5.82 Å². The summed E-state index contributed by atoms with van der Waals surface area (Å²) in [5.74, 6) is 1.73. The van der Waals surface area contributed by atoms with E-state index < -0.39 is 0 Å². The van der Waals surface area contributed by atoms with Gasteiger partial charge < -0.3 is 9.30 Å². The molecule has 0 aromatic carbocycles. The fraction of sp³-hybridized carbons (Fsp3) is 0.500. The van der Waals surface area contributed by atoms with E-state index in [1.54, 1.807) is 0 Å². The maximum absolute atomic E-state index is 6.08. The number of hydrogen-bond acceptors (Lipinski definition) is 2. The van der Waals surface area contributed by atoms with Crippen molar-refractivity contribution in [1.29, 1.82) is 0 Å². The minimum Gasteiger partial charge on any atom is -0.304 e. The van der Waals surface area contributed by atoms with Crippen LogP contribution in [-0.4, -0.2) is 33.9 Å². The van der Waals surface area contributed by atoms with Crippen molar-refractivity contribution in [3.63, 3.8) is 0 Å². The number of aromatic nitrogens is 2. The molecular weight excluding hydrogens is 246 g/mol. The van der Waals surface area contributed by atoms with Gasteiger partial charge >= 0.3 is 0 Å². The monoisotopic (exact) mass is 263 g/mol. The number of likely N-dealkylation sites (tertiary alicyclic amines) is 1. The average molecular weight is 264 g/mol. The lowest BCUT2D eigenvalue weighted by Gasteiger charge is -2.30. The molecule has 0 radical (unpaired) electrons. The van der Waals surface area contributed by atoms with Gasteiger partial charge in [-0.25, -0.2) is 4.98 Å². The topological polar surface area (TPSA) is 20.5 Å². The first-order valence-corrected chi connectivity index (χ1v) is 7.00. The molecular formula is C14H18ClN3. The first-order valence-electron chi connectivity index (χ1n) is 6.63. The van der Waals surface area contributed by atoms with Gasteiger partial charge in [-0.1, -0.05) is 18.5 Å². The number of rotatable bonds is 2. The second-order valence-corrected chi connectivity index (χ2v) is 5.40. The van der Waals surface area contributed by atoms with Crippen molar-refractivity contribution in [2.45, 2.75) is 25.7 Å². The van der Waals surface area contributed by atoms with Crippen molar-refractivity contribution in [2.24, 2.45) is 0 Å². The first-order chi connectivity index (χ1) is 8.78. The first kappa shape index (κ1) is 12.0. The highest BCUT2D eigenvalue weighted by atomic mass is 35.5. The Morgan fingerprint density at radius 1 is 1.33 bits per heavy atom. The van der Waals surface area contributed by atoms with Gasteiger partial charge in [-0.15, -0.1) is 0 Å². The summed E-state index contributed by atoms with van der Waals surface area (Å²) in [4.78, 5) is 7.10. The SMILES string of the molecule is CCN1CCC(c2ncc3ccc(Cl)cn23)CC1. The normalized spacial score (nSPS) is 18.6. The summed E-state index contributed by atoms with van der Waals surface area (Å²) in [6.07, 6.45) is 6.31. The highest BCUT2D eigenvalue weighted by molar-refractivity contribution is 6.30. The molecule has 0 unspecified atom stereocenters. The molecule has 0 amide bonds.